The molecule has 0 aliphatic carbocycles. The van der Waals surface area contributed by atoms with Crippen LogP contribution in [0.3, 0.4) is 0 Å². The van der Waals surface area contributed by atoms with E-state index in [1.54, 1.807) is 18.6 Å². The number of likely N-dealkylation sites (tertiary alicyclic amines) is 1. The molecule has 0 bridgehead atoms. The molecule has 3 aromatic heterocycles. The van der Waals surface area contributed by atoms with Crippen molar-refractivity contribution in [2.75, 3.05) is 13.1 Å². The van der Waals surface area contributed by atoms with Gasteiger partial charge in [-0.3, -0.25) is 9.78 Å². The Morgan fingerprint density at radius 3 is 3.16 bits per heavy atom. The smallest absolute Gasteiger partial charge is 0.263 e. The second-order valence-corrected chi connectivity index (χ2v) is 6.99. The van der Waals surface area contributed by atoms with Gasteiger partial charge in [0.25, 0.3) is 5.91 Å². The van der Waals surface area contributed by atoms with Crippen molar-refractivity contribution in [1.29, 1.82) is 0 Å². The van der Waals surface area contributed by atoms with Crippen LogP contribution in [0.15, 0.2) is 40.6 Å². The van der Waals surface area contributed by atoms with E-state index in [1.807, 2.05) is 22.4 Å². The van der Waals surface area contributed by atoms with Gasteiger partial charge in [0.15, 0.2) is 0 Å². The molecule has 128 valence electrons. The van der Waals surface area contributed by atoms with Gasteiger partial charge in [-0.2, -0.15) is 4.98 Å². The summed E-state index contributed by atoms with van der Waals surface area (Å²) in [5.74, 6) is 1.47. The van der Waals surface area contributed by atoms with E-state index in [-0.39, 0.29) is 5.91 Å². The van der Waals surface area contributed by atoms with Gasteiger partial charge in [0.05, 0.1) is 11.1 Å². The maximum atomic E-state index is 12.5. The maximum absolute atomic E-state index is 12.5. The summed E-state index contributed by atoms with van der Waals surface area (Å²) in [6.45, 7) is 1.53. The van der Waals surface area contributed by atoms with Crippen molar-refractivity contribution in [2.45, 2.75) is 19.3 Å². The highest BCUT2D eigenvalue weighted by Gasteiger charge is 2.26. The first-order chi connectivity index (χ1) is 12.3. The fourth-order valence-electron chi connectivity index (χ4n) is 3.08. The van der Waals surface area contributed by atoms with Gasteiger partial charge in [-0.15, -0.1) is 11.3 Å². The number of amides is 1. The van der Waals surface area contributed by atoms with Gasteiger partial charge >= 0.3 is 0 Å². The van der Waals surface area contributed by atoms with Crippen molar-refractivity contribution >= 4 is 17.2 Å². The third-order valence-corrected chi connectivity index (χ3v) is 5.12. The zero-order valence-electron chi connectivity index (χ0n) is 13.5. The van der Waals surface area contributed by atoms with E-state index in [2.05, 4.69) is 20.1 Å². The van der Waals surface area contributed by atoms with Crippen LogP contribution in [-0.2, 0) is 6.42 Å². The lowest BCUT2D eigenvalue weighted by molar-refractivity contribution is 0.0673. The highest BCUT2D eigenvalue weighted by molar-refractivity contribution is 7.12. The Labute approximate surface area is 148 Å². The fraction of sp³-hybridized carbons (Fsp3) is 0.353. The molecule has 8 heteroatoms. The number of rotatable bonds is 4. The second-order valence-electron chi connectivity index (χ2n) is 6.04. The minimum absolute atomic E-state index is 0.116. The molecule has 1 aliphatic heterocycles. The third kappa shape index (κ3) is 3.58. The molecule has 0 saturated carbocycles. The van der Waals surface area contributed by atoms with Crippen LogP contribution in [0.4, 0.5) is 0 Å². The molecule has 3 aromatic rings. The first kappa shape index (κ1) is 15.9. The summed E-state index contributed by atoms with van der Waals surface area (Å²) in [5, 5.41) is 5.91. The van der Waals surface area contributed by atoms with Crippen LogP contribution >= 0.6 is 11.3 Å². The van der Waals surface area contributed by atoms with Gasteiger partial charge < -0.3 is 9.42 Å². The Bertz CT molecular complexity index is 834. The van der Waals surface area contributed by atoms with Crippen LogP contribution < -0.4 is 0 Å². The predicted octanol–water partition coefficient (Wildman–Crippen LogP) is 2.68. The largest absolute Gasteiger partial charge is 0.339 e. The van der Waals surface area contributed by atoms with Gasteiger partial charge in [-0.25, -0.2) is 4.98 Å². The van der Waals surface area contributed by atoms with Gasteiger partial charge in [-0.1, -0.05) is 11.2 Å². The summed E-state index contributed by atoms with van der Waals surface area (Å²) in [5.41, 5.74) is 0.593. The molecule has 0 aromatic carbocycles. The number of aromatic nitrogens is 4. The Balaban J connectivity index is 1.41. The maximum Gasteiger partial charge on any atom is 0.263 e. The Morgan fingerprint density at radius 1 is 1.40 bits per heavy atom. The molecule has 4 heterocycles. The molecule has 1 saturated heterocycles. The summed E-state index contributed by atoms with van der Waals surface area (Å²) in [6.07, 6.45) is 7.52. The topological polar surface area (TPSA) is 85.0 Å². The van der Waals surface area contributed by atoms with Crippen LogP contribution in [0.2, 0.25) is 0 Å². The number of nitrogens with zero attached hydrogens (tertiary/aromatic N) is 5. The lowest BCUT2D eigenvalue weighted by atomic mass is 9.94. The van der Waals surface area contributed by atoms with Crippen molar-refractivity contribution in [2.24, 2.45) is 5.92 Å². The molecular weight excluding hydrogens is 338 g/mol. The summed E-state index contributed by atoms with van der Waals surface area (Å²) in [4.78, 5) is 27.8. The lowest BCUT2D eigenvalue weighted by Gasteiger charge is -2.31. The Kier molecular flexibility index (Phi) is 4.51. The number of carbonyl (C=O) groups is 1. The van der Waals surface area contributed by atoms with E-state index in [1.165, 1.54) is 11.3 Å². The number of hydrogen-bond acceptors (Lipinski definition) is 7. The van der Waals surface area contributed by atoms with Crippen molar-refractivity contribution in [3.05, 3.63) is 46.9 Å². The van der Waals surface area contributed by atoms with Crippen molar-refractivity contribution < 1.29 is 9.32 Å². The van der Waals surface area contributed by atoms with E-state index < -0.39 is 0 Å². The molecule has 0 N–H and O–H groups in total. The van der Waals surface area contributed by atoms with Crippen LogP contribution in [-0.4, -0.2) is 44.0 Å². The summed E-state index contributed by atoms with van der Waals surface area (Å²) >= 11 is 1.49. The number of thiophene rings is 1. The van der Waals surface area contributed by atoms with Crippen molar-refractivity contribution in [3.63, 3.8) is 0 Å². The predicted molar refractivity (Wildman–Crippen MR) is 92.0 cm³/mol. The second kappa shape index (κ2) is 7.10. The monoisotopic (exact) mass is 355 g/mol. The van der Waals surface area contributed by atoms with Gasteiger partial charge in [0.2, 0.25) is 11.7 Å². The number of piperidine rings is 1. The van der Waals surface area contributed by atoms with Crippen molar-refractivity contribution in [1.82, 2.24) is 25.0 Å². The SMILES string of the molecule is O=C(c1cccs1)N1CCCC(Cc2nc(-c3cnccn3)no2)C1. The molecular formula is C17H17N5O2S. The standard InChI is InChI=1S/C17H17N5O2S/c23-17(14-4-2-8-25-14)22-7-1-3-12(11-22)9-15-20-16(21-24-15)13-10-18-5-6-19-13/h2,4-6,8,10,12H,1,3,7,9,11H2. The summed E-state index contributed by atoms with van der Waals surface area (Å²) in [6, 6.07) is 3.79. The molecule has 1 amide bonds. The minimum Gasteiger partial charge on any atom is -0.339 e. The third-order valence-electron chi connectivity index (χ3n) is 4.26. The van der Waals surface area contributed by atoms with Gasteiger partial charge in [-0.05, 0) is 30.2 Å². The van der Waals surface area contributed by atoms with E-state index in [4.69, 9.17) is 4.52 Å². The average Bonchev–Trinajstić information content (AvgIpc) is 3.34. The molecule has 0 spiro atoms. The van der Waals surface area contributed by atoms with Gasteiger partial charge in [0.1, 0.15) is 5.69 Å². The Morgan fingerprint density at radius 2 is 2.36 bits per heavy atom. The molecule has 1 atom stereocenters. The van der Waals surface area contributed by atoms with Gasteiger partial charge in [0, 0.05) is 31.9 Å². The quantitative estimate of drug-likeness (QED) is 0.715. The highest BCUT2D eigenvalue weighted by atomic mass is 32.1. The molecule has 4 rings (SSSR count). The molecule has 1 unspecified atom stereocenters. The molecule has 1 aliphatic rings. The molecule has 0 radical (unpaired) electrons. The van der Waals surface area contributed by atoms with E-state index in [0.717, 1.165) is 30.8 Å². The number of hydrogen-bond donors (Lipinski definition) is 0. The zero-order chi connectivity index (χ0) is 17.1. The Hall–Kier alpha value is -2.61. The first-order valence-corrected chi connectivity index (χ1v) is 9.09. The summed E-state index contributed by atoms with van der Waals surface area (Å²) in [7, 11) is 0. The van der Waals surface area contributed by atoms with E-state index >= 15 is 0 Å². The average molecular weight is 355 g/mol. The van der Waals surface area contributed by atoms with Crippen LogP contribution in [0.25, 0.3) is 11.5 Å². The first-order valence-electron chi connectivity index (χ1n) is 8.21. The number of carbonyl (C=O) groups excluding carboxylic acids is 1. The fourth-order valence-corrected chi connectivity index (χ4v) is 3.77. The van der Waals surface area contributed by atoms with Crippen LogP contribution in [0, 0.1) is 5.92 Å². The molecule has 1 fully saturated rings. The molecule has 25 heavy (non-hydrogen) atoms. The van der Waals surface area contributed by atoms with E-state index in [9.17, 15) is 4.79 Å². The summed E-state index contributed by atoms with van der Waals surface area (Å²) < 4.78 is 5.36. The van der Waals surface area contributed by atoms with Crippen LogP contribution in [0.5, 0.6) is 0 Å². The van der Waals surface area contributed by atoms with E-state index in [0.29, 0.717) is 29.7 Å². The zero-order valence-corrected chi connectivity index (χ0v) is 14.4. The molecule has 7 nitrogen and oxygen atoms in total. The van der Waals surface area contributed by atoms with Crippen LogP contribution in [0.1, 0.15) is 28.4 Å². The lowest BCUT2D eigenvalue weighted by Crippen LogP contribution is -2.40. The normalized spacial score (nSPS) is 17.6. The highest BCUT2D eigenvalue weighted by Crippen LogP contribution is 2.23. The van der Waals surface area contributed by atoms with Crippen molar-refractivity contribution in [3.8, 4) is 11.5 Å². The minimum atomic E-state index is 0.116.